The van der Waals surface area contributed by atoms with Crippen LogP contribution in [0.4, 0.5) is 0 Å². The van der Waals surface area contributed by atoms with Gasteiger partial charge in [0.25, 0.3) is 0 Å². The molecule has 3 N–H and O–H groups in total. The van der Waals surface area contributed by atoms with Gasteiger partial charge in [-0.25, -0.2) is 0 Å². The quantitative estimate of drug-likeness (QED) is 0.621. The molecule has 2 amide bonds. The van der Waals surface area contributed by atoms with Gasteiger partial charge >= 0.3 is 11.8 Å². The molecule has 0 aromatic carbocycles. The minimum absolute atomic E-state index is 0.108. The maximum absolute atomic E-state index is 12.1. The average molecular weight is 322 g/mol. The highest BCUT2D eigenvalue weighted by Gasteiger charge is 2.42. The molecule has 2 aliphatic carbocycles. The van der Waals surface area contributed by atoms with Crippen molar-refractivity contribution >= 4 is 11.8 Å². The van der Waals surface area contributed by atoms with E-state index in [-0.39, 0.29) is 6.04 Å². The molecule has 0 spiro atoms. The van der Waals surface area contributed by atoms with Gasteiger partial charge in [-0.1, -0.05) is 6.42 Å². The lowest BCUT2D eigenvalue weighted by Crippen LogP contribution is -2.49. The Kier molecular flexibility index (Phi) is 5.54. The summed E-state index contributed by atoms with van der Waals surface area (Å²) in [5.74, 6) is 1.21. The summed E-state index contributed by atoms with van der Waals surface area (Å²) in [7, 11) is 0. The number of rotatable bonds is 5. The molecule has 6 heteroatoms. The molecule has 3 fully saturated rings. The van der Waals surface area contributed by atoms with Crippen LogP contribution in [-0.2, 0) is 9.59 Å². The Balaban J connectivity index is 1.35. The normalized spacial score (nSPS) is 31.8. The van der Waals surface area contributed by atoms with E-state index in [1.165, 1.54) is 25.7 Å². The van der Waals surface area contributed by atoms with Crippen molar-refractivity contribution in [1.29, 1.82) is 0 Å². The third-order valence-electron chi connectivity index (χ3n) is 5.92. The Bertz CT molecular complexity index is 436. The molecular formula is C17H30N4O2. The molecule has 3 aliphatic rings. The summed E-state index contributed by atoms with van der Waals surface area (Å²) in [6.45, 7) is 7.40. The van der Waals surface area contributed by atoms with Gasteiger partial charge < -0.3 is 16.0 Å². The molecule has 4 unspecified atom stereocenters. The number of piperazine rings is 1. The standard InChI is InChI=1S/C17H30N4O2/c1-12(15-11-13-2-3-14(15)10-13)20-17(23)16(22)19-6-9-21-7-4-18-5-8-21/h12-15,18H,2-11H2,1H3,(H,19,22)(H,20,23). The van der Waals surface area contributed by atoms with E-state index in [9.17, 15) is 9.59 Å². The van der Waals surface area contributed by atoms with Crippen LogP contribution in [0.25, 0.3) is 0 Å². The van der Waals surface area contributed by atoms with E-state index in [1.807, 2.05) is 0 Å². The highest BCUT2D eigenvalue weighted by Crippen LogP contribution is 2.49. The Labute approximate surface area is 138 Å². The van der Waals surface area contributed by atoms with E-state index in [4.69, 9.17) is 0 Å². The van der Waals surface area contributed by atoms with E-state index in [1.54, 1.807) is 0 Å². The van der Waals surface area contributed by atoms with Crippen molar-refractivity contribution in [2.75, 3.05) is 39.3 Å². The van der Waals surface area contributed by atoms with Gasteiger partial charge in [-0.3, -0.25) is 14.5 Å². The number of hydrogen-bond acceptors (Lipinski definition) is 4. The molecule has 23 heavy (non-hydrogen) atoms. The molecule has 4 atom stereocenters. The monoisotopic (exact) mass is 322 g/mol. The summed E-state index contributed by atoms with van der Waals surface area (Å²) in [6.07, 6.45) is 5.19. The van der Waals surface area contributed by atoms with Gasteiger partial charge in [0, 0.05) is 45.3 Å². The van der Waals surface area contributed by atoms with Crippen molar-refractivity contribution < 1.29 is 9.59 Å². The fourth-order valence-electron chi connectivity index (χ4n) is 4.63. The average Bonchev–Trinajstić information content (AvgIpc) is 3.18. The summed E-state index contributed by atoms with van der Waals surface area (Å²) in [4.78, 5) is 26.3. The highest BCUT2D eigenvalue weighted by atomic mass is 16.2. The topological polar surface area (TPSA) is 73.5 Å². The number of carbonyl (C=O) groups is 2. The lowest BCUT2D eigenvalue weighted by molar-refractivity contribution is -0.139. The van der Waals surface area contributed by atoms with Gasteiger partial charge in [-0.05, 0) is 43.9 Å². The zero-order valence-electron chi connectivity index (χ0n) is 14.1. The highest BCUT2D eigenvalue weighted by molar-refractivity contribution is 6.35. The van der Waals surface area contributed by atoms with Crippen LogP contribution >= 0.6 is 0 Å². The maximum Gasteiger partial charge on any atom is 0.309 e. The molecule has 3 rings (SSSR count). The lowest BCUT2D eigenvalue weighted by atomic mass is 9.84. The molecule has 0 aromatic rings. The molecule has 2 bridgehead atoms. The van der Waals surface area contributed by atoms with E-state index in [0.717, 1.165) is 44.6 Å². The summed E-state index contributed by atoms with van der Waals surface area (Å²) >= 11 is 0. The zero-order chi connectivity index (χ0) is 16.2. The second-order valence-electron chi connectivity index (χ2n) is 7.45. The van der Waals surface area contributed by atoms with Crippen LogP contribution in [0.2, 0.25) is 0 Å². The second-order valence-corrected chi connectivity index (χ2v) is 7.45. The number of carbonyl (C=O) groups excluding carboxylic acids is 2. The SMILES string of the molecule is CC(NC(=O)C(=O)NCCN1CCNCC1)C1CC2CCC1C2. The second kappa shape index (κ2) is 7.62. The van der Waals surface area contributed by atoms with Crippen LogP contribution in [0.15, 0.2) is 0 Å². The van der Waals surface area contributed by atoms with E-state index in [0.29, 0.717) is 12.5 Å². The lowest BCUT2D eigenvalue weighted by Gasteiger charge is -2.28. The van der Waals surface area contributed by atoms with Crippen molar-refractivity contribution in [3.63, 3.8) is 0 Å². The molecule has 6 nitrogen and oxygen atoms in total. The minimum atomic E-state index is -0.491. The van der Waals surface area contributed by atoms with Crippen molar-refractivity contribution in [2.24, 2.45) is 17.8 Å². The smallest absolute Gasteiger partial charge is 0.309 e. The third kappa shape index (κ3) is 4.23. The molecule has 1 heterocycles. The van der Waals surface area contributed by atoms with Gasteiger partial charge in [0.2, 0.25) is 0 Å². The number of hydrogen-bond donors (Lipinski definition) is 3. The summed E-state index contributed by atoms with van der Waals surface area (Å²) in [5.41, 5.74) is 0. The summed E-state index contributed by atoms with van der Waals surface area (Å²) in [5, 5.41) is 8.97. The molecular weight excluding hydrogens is 292 g/mol. The fraction of sp³-hybridized carbons (Fsp3) is 0.882. The van der Waals surface area contributed by atoms with Crippen LogP contribution in [0.1, 0.15) is 32.6 Å². The van der Waals surface area contributed by atoms with E-state index >= 15 is 0 Å². The first-order chi connectivity index (χ1) is 11.1. The molecule has 1 saturated heterocycles. The Morgan fingerprint density at radius 1 is 1.17 bits per heavy atom. The fourth-order valence-corrected chi connectivity index (χ4v) is 4.63. The van der Waals surface area contributed by atoms with Crippen molar-refractivity contribution in [2.45, 2.75) is 38.6 Å². The van der Waals surface area contributed by atoms with Crippen LogP contribution in [0.3, 0.4) is 0 Å². The Hall–Kier alpha value is -1.14. The first-order valence-corrected chi connectivity index (χ1v) is 9.15. The first-order valence-electron chi connectivity index (χ1n) is 9.15. The molecule has 0 radical (unpaired) electrons. The number of amides is 2. The van der Waals surface area contributed by atoms with Gasteiger partial charge in [-0.2, -0.15) is 0 Å². The van der Waals surface area contributed by atoms with E-state index in [2.05, 4.69) is 27.8 Å². The third-order valence-corrected chi connectivity index (χ3v) is 5.92. The van der Waals surface area contributed by atoms with Crippen LogP contribution in [-0.4, -0.2) is 62.0 Å². The number of fused-ring (bicyclic) bond motifs is 2. The first kappa shape index (κ1) is 16.7. The van der Waals surface area contributed by atoms with Gasteiger partial charge in [0.15, 0.2) is 0 Å². The number of nitrogens with zero attached hydrogens (tertiary/aromatic N) is 1. The molecule has 1 aliphatic heterocycles. The van der Waals surface area contributed by atoms with Crippen LogP contribution in [0, 0.1) is 17.8 Å². The Morgan fingerprint density at radius 3 is 2.61 bits per heavy atom. The van der Waals surface area contributed by atoms with Crippen LogP contribution < -0.4 is 16.0 Å². The van der Waals surface area contributed by atoms with E-state index < -0.39 is 11.8 Å². The predicted molar refractivity (Wildman–Crippen MR) is 88.9 cm³/mol. The molecule has 2 saturated carbocycles. The number of nitrogens with one attached hydrogen (secondary N) is 3. The summed E-state index contributed by atoms with van der Waals surface area (Å²) in [6, 6.07) is 0.108. The Morgan fingerprint density at radius 2 is 1.96 bits per heavy atom. The van der Waals surface area contributed by atoms with Crippen molar-refractivity contribution in [3.05, 3.63) is 0 Å². The zero-order valence-corrected chi connectivity index (χ0v) is 14.1. The van der Waals surface area contributed by atoms with Gasteiger partial charge in [0.1, 0.15) is 0 Å². The van der Waals surface area contributed by atoms with Gasteiger partial charge in [0.05, 0.1) is 0 Å². The largest absolute Gasteiger partial charge is 0.347 e. The van der Waals surface area contributed by atoms with Crippen LogP contribution in [0.5, 0.6) is 0 Å². The minimum Gasteiger partial charge on any atom is -0.347 e. The maximum atomic E-state index is 12.1. The van der Waals surface area contributed by atoms with Crippen molar-refractivity contribution in [3.8, 4) is 0 Å². The van der Waals surface area contributed by atoms with Crippen molar-refractivity contribution in [1.82, 2.24) is 20.9 Å². The van der Waals surface area contributed by atoms with Gasteiger partial charge in [-0.15, -0.1) is 0 Å². The summed E-state index contributed by atoms with van der Waals surface area (Å²) < 4.78 is 0. The molecule has 130 valence electrons. The molecule has 0 aromatic heterocycles. The predicted octanol–water partition coefficient (Wildman–Crippen LogP) is -0.0513.